The molecule has 0 saturated carbocycles. The van der Waals surface area contributed by atoms with Gasteiger partial charge in [-0.15, -0.1) is 0 Å². The molecule has 1 heterocycles. The van der Waals surface area contributed by atoms with E-state index in [-0.39, 0.29) is 5.91 Å². The molecule has 0 fully saturated rings. The molecule has 2 aromatic rings. The monoisotopic (exact) mass is 310 g/mol. The maximum absolute atomic E-state index is 12.9. The van der Waals surface area contributed by atoms with E-state index in [2.05, 4.69) is 0 Å². The van der Waals surface area contributed by atoms with Crippen molar-refractivity contribution in [3.05, 3.63) is 59.7 Å². The lowest BCUT2D eigenvalue weighted by Crippen LogP contribution is -2.42. The predicted octanol–water partition coefficient (Wildman–Crippen LogP) is 3.01. The average Bonchev–Trinajstić information content (AvgIpc) is 2.55. The molecule has 0 aromatic heterocycles. The van der Waals surface area contributed by atoms with Gasteiger partial charge in [0.1, 0.15) is 0 Å². The average molecular weight is 310 g/mol. The second-order valence-corrected chi connectivity index (χ2v) is 6.44. The normalized spacial score (nSPS) is 20.1. The molecule has 0 spiro atoms. The SMILES string of the molecule is CN(C)c1ccc(C(=O)N2CCC(C)(O)c3ccccc32)cc1. The number of para-hydroxylation sites is 1. The molecule has 2 aromatic carbocycles. The first kappa shape index (κ1) is 15.6. The molecular weight excluding hydrogens is 288 g/mol. The van der Waals surface area contributed by atoms with Crippen molar-refractivity contribution in [2.24, 2.45) is 0 Å². The standard InChI is InChI=1S/C19H22N2O2/c1-19(23)12-13-21(17-7-5-4-6-16(17)19)18(22)14-8-10-15(11-9-14)20(2)3/h4-11,23H,12-13H2,1-3H3. The van der Waals surface area contributed by atoms with Gasteiger partial charge in [0.2, 0.25) is 0 Å². The van der Waals surface area contributed by atoms with Crippen LogP contribution in [-0.2, 0) is 5.60 Å². The van der Waals surface area contributed by atoms with Gasteiger partial charge in [-0.3, -0.25) is 4.79 Å². The molecule has 1 aliphatic rings. The second-order valence-electron chi connectivity index (χ2n) is 6.44. The molecular formula is C19H22N2O2. The van der Waals surface area contributed by atoms with Gasteiger partial charge in [-0.05, 0) is 43.7 Å². The Kier molecular flexibility index (Phi) is 3.86. The van der Waals surface area contributed by atoms with Crippen molar-refractivity contribution in [2.45, 2.75) is 18.9 Å². The van der Waals surface area contributed by atoms with Gasteiger partial charge in [0.25, 0.3) is 5.91 Å². The van der Waals surface area contributed by atoms with Crippen LogP contribution in [0.15, 0.2) is 48.5 Å². The Balaban J connectivity index is 1.94. The van der Waals surface area contributed by atoms with E-state index in [1.165, 1.54) is 0 Å². The lowest BCUT2D eigenvalue weighted by Gasteiger charge is -2.38. The van der Waals surface area contributed by atoms with Crippen molar-refractivity contribution in [1.82, 2.24) is 0 Å². The van der Waals surface area contributed by atoms with Gasteiger partial charge >= 0.3 is 0 Å². The van der Waals surface area contributed by atoms with Crippen LogP contribution in [-0.4, -0.2) is 31.7 Å². The lowest BCUT2D eigenvalue weighted by molar-refractivity contribution is 0.0450. The first-order valence-electron chi connectivity index (χ1n) is 7.81. The summed E-state index contributed by atoms with van der Waals surface area (Å²) in [5.41, 5.74) is 2.44. The van der Waals surface area contributed by atoms with Crippen LogP contribution in [0.25, 0.3) is 0 Å². The summed E-state index contributed by atoms with van der Waals surface area (Å²) in [7, 11) is 3.94. The van der Waals surface area contributed by atoms with Gasteiger partial charge in [-0.1, -0.05) is 18.2 Å². The summed E-state index contributed by atoms with van der Waals surface area (Å²) in [4.78, 5) is 16.6. The maximum Gasteiger partial charge on any atom is 0.258 e. The topological polar surface area (TPSA) is 43.8 Å². The number of benzene rings is 2. The number of nitrogens with zero attached hydrogens (tertiary/aromatic N) is 2. The minimum atomic E-state index is -0.887. The Labute approximate surface area is 137 Å². The number of fused-ring (bicyclic) bond motifs is 1. The largest absolute Gasteiger partial charge is 0.385 e. The maximum atomic E-state index is 12.9. The van der Waals surface area contributed by atoms with Gasteiger partial charge in [0, 0.05) is 37.5 Å². The van der Waals surface area contributed by atoms with Crippen molar-refractivity contribution in [3.63, 3.8) is 0 Å². The van der Waals surface area contributed by atoms with Crippen LogP contribution in [0, 0.1) is 0 Å². The van der Waals surface area contributed by atoms with Gasteiger partial charge in [0.05, 0.1) is 11.3 Å². The van der Waals surface area contributed by atoms with Crippen molar-refractivity contribution < 1.29 is 9.90 Å². The zero-order chi connectivity index (χ0) is 16.6. The molecule has 1 atom stereocenters. The fourth-order valence-electron chi connectivity index (χ4n) is 3.02. The Morgan fingerprint density at radius 3 is 2.43 bits per heavy atom. The minimum Gasteiger partial charge on any atom is -0.385 e. The van der Waals surface area contributed by atoms with Crippen LogP contribution in [0.1, 0.15) is 29.3 Å². The van der Waals surface area contributed by atoms with Gasteiger partial charge in [-0.25, -0.2) is 0 Å². The fraction of sp³-hybridized carbons (Fsp3) is 0.316. The van der Waals surface area contributed by atoms with Gasteiger partial charge in [-0.2, -0.15) is 0 Å². The lowest BCUT2D eigenvalue weighted by atomic mass is 9.87. The molecule has 23 heavy (non-hydrogen) atoms. The second kappa shape index (κ2) is 5.70. The Morgan fingerprint density at radius 2 is 1.78 bits per heavy atom. The molecule has 4 heteroatoms. The summed E-state index contributed by atoms with van der Waals surface area (Å²) in [6.07, 6.45) is 0.533. The molecule has 1 amide bonds. The number of amides is 1. The summed E-state index contributed by atoms with van der Waals surface area (Å²) in [5.74, 6) is -0.0294. The highest BCUT2D eigenvalue weighted by atomic mass is 16.3. The van der Waals surface area contributed by atoms with Gasteiger partial charge in [0.15, 0.2) is 0 Å². The number of aliphatic hydroxyl groups is 1. The summed E-state index contributed by atoms with van der Waals surface area (Å²) in [6, 6.07) is 15.2. The molecule has 0 aliphatic carbocycles. The van der Waals surface area contributed by atoms with E-state index in [1.54, 1.807) is 11.8 Å². The van der Waals surface area contributed by atoms with Crippen LogP contribution in [0.5, 0.6) is 0 Å². The molecule has 3 rings (SSSR count). The zero-order valence-electron chi connectivity index (χ0n) is 13.8. The van der Waals surface area contributed by atoms with Crippen molar-refractivity contribution in [2.75, 3.05) is 30.4 Å². The fourth-order valence-corrected chi connectivity index (χ4v) is 3.02. The van der Waals surface area contributed by atoms with Crippen LogP contribution < -0.4 is 9.80 Å². The predicted molar refractivity (Wildman–Crippen MR) is 93.1 cm³/mol. The smallest absolute Gasteiger partial charge is 0.258 e. The van der Waals surface area contributed by atoms with E-state index in [4.69, 9.17) is 0 Å². The van der Waals surface area contributed by atoms with E-state index in [0.717, 1.165) is 16.9 Å². The van der Waals surface area contributed by atoms with E-state index in [9.17, 15) is 9.90 Å². The quantitative estimate of drug-likeness (QED) is 0.927. The third-order valence-corrected chi connectivity index (χ3v) is 4.47. The number of hydrogen-bond donors (Lipinski definition) is 1. The van der Waals surface area contributed by atoms with Crippen LogP contribution in [0.3, 0.4) is 0 Å². The van der Waals surface area contributed by atoms with E-state index in [1.807, 2.05) is 67.5 Å². The number of carbonyl (C=O) groups excluding carboxylic acids is 1. The molecule has 0 bridgehead atoms. The highest BCUT2D eigenvalue weighted by Gasteiger charge is 2.35. The molecule has 4 nitrogen and oxygen atoms in total. The van der Waals surface area contributed by atoms with E-state index in [0.29, 0.717) is 18.5 Å². The third-order valence-electron chi connectivity index (χ3n) is 4.47. The Bertz CT molecular complexity index is 720. The first-order valence-corrected chi connectivity index (χ1v) is 7.81. The molecule has 1 aliphatic heterocycles. The Hall–Kier alpha value is -2.33. The number of hydrogen-bond acceptors (Lipinski definition) is 3. The van der Waals surface area contributed by atoms with E-state index >= 15 is 0 Å². The van der Waals surface area contributed by atoms with Crippen LogP contribution in [0.2, 0.25) is 0 Å². The molecule has 0 radical (unpaired) electrons. The third kappa shape index (κ3) is 2.82. The van der Waals surface area contributed by atoms with Crippen molar-refractivity contribution in [1.29, 1.82) is 0 Å². The summed E-state index contributed by atoms with van der Waals surface area (Å²) in [6.45, 7) is 2.32. The number of rotatable bonds is 2. The van der Waals surface area contributed by atoms with E-state index < -0.39 is 5.60 Å². The zero-order valence-corrected chi connectivity index (χ0v) is 13.8. The summed E-state index contributed by atoms with van der Waals surface area (Å²) in [5, 5.41) is 10.6. The molecule has 1 N–H and O–H groups in total. The Morgan fingerprint density at radius 1 is 1.13 bits per heavy atom. The number of anilines is 2. The highest BCUT2D eigenvalue weighted by molar-refractivity contribution is 6.07. The molecule has 120 valence electrons. The van der Waals surface area contributed by atoms with Crippen LogP contribution in [0.4, 0.5) is 11.4 Å². The molecule has 1 unspecified atom stereocenters. The van der Waals surface area contributed by atoms with Gasteiger partial charge < -0.3 is 14.9 Å². The summed E-state index contributed by atoms with van der Waals surface area (Å²) < 4.78 is 0. The highest BCUT2D eigenvalue weighted by Crippen LogP contribution is 2.38. The molecule has 0 saturated heterocycles. The summed E-state index contributed by atoms with van der Waals surface area (Å²) >= 11 is 0. The van der Waals surface area contributed by atoms with Crippen molar-refractivity contribution >= 4 is 17.3 Å². The van der Waals surface area contributed by atoms with Crippen molar-refractivity contribution in [3.8, 4) is 0 Å². The minimum absolute atomic E-state index is 0.0294. The number of carbonyl (C=O) groups is 1. The first-order chi connectivity index (χ1) is 10.9. The van der Waals surface area contributed by atoms with Crippen LogP contribution >= 0.6 is 0 Å².